The molecule has 24 heavy (non-hydrogen) atoms. The summed E-state index contributed by atoms with van der Waals surface area (Å²) < 4.78 is 0.795. The average Bonchev–Trinajstić information content (AvgIpc) is 3.35. The molecule has 2 aromatic rings. The molecule has 0 atom stereocenters. The van der Waals surface area contributed by atoms with E-state index >= 15 is 0 Å². The van der Waals surface area contributed by atoms with Crippen molar-refractivity contribution >= 4 is 39.1 Å². The number of para-hydroxylation sites is 1. The molecule has 0 heterocycles. The average molecular weight is 387 g/mol. The van der Waals surface area contributed by atoms with Crippen molar-refractivity contribution in [3.05, 3.63) is 58.1 Å². The van der Waals surface area contributed by atoms with Gasteiger partial charge < -0.3 is 10.6 Å². The Bertz CT molecular complexity index is 813. The Hall–Kier alpha value is -2.14. The van der Waals surface area contributed by atoms with E-state index in [0.29, 0.717) is 18.5 Å². The van der Waals surface area contributed by atoms with Gasteiger partial charge in [-0.3, -0.25) is 9.59 Å². The SMILES string of the molecule is Cc1ccc(C)c(NC(=O)C2(C(=O)Nc3ccccc3Br)CC2)c1. The van der Waals surface area contributed by atoms with Gasteiger partial charge in [-0.15, -0.1) is 0 Å². The summed E-state index contributed by atoms with van der Waals surface area (Å²) in [5.41, 5.74) is 2.52. The number of halogens is 1. The van der Waals surface area contributed by atoms with Gasteiger partial charge in [-0.2, -0.15) is 0 Å². The molecule has 0 unspecified atom stereocenters. The number of anilines is 2. The fraction of sp³-hybridized carbons (Fsp3) is 0.263. The van der Waals surface area contributed by atoms with Crippen LogP contribution in [0.3, 0.4) is 0 Å². The molecule has 1 saturated carbocycles. The van der Waals surface area contributed by atoms with Crippen LogP contribution in [-0.2, 0) is 9.59 Å². The van der Waals surface area contributed by atoms with Gasteiger partial charge >= 0.3 is 0 Å². The highest BCUT2D eigenvalue weighted by Gasteiger charge is 2.56. The maximum Gasteiger partial charge on any atom is 0.240 e. The molecule has 1 aliphatic rings. The number of aryl methyl sites for hydroxylation is 2. The Kier molecular flexibility index (Phi) is 4.45. The smallest absolute Gasteiger partial charge is 0.240 e. The van der Waals surface area contributed by atoms with E-state index in [0.717, 1.165) is 21.3 Å². The fourth-order valence-electron chi connectivity index (χ4n) is 2.60. The number of amides is 2. The Morgan fingerprint density at radius 1 is 0.958 bits per heavy atom. The predicted octanol–water partition coefficient (Wildman–Crippen LogP) is 4.42. The van der Waals surface area contributed by atoms with E-state index in [1.807, 2.05) is 50.2 Å². The third kappa shape index (κ3) is 3.22. The molecule has 5 heteroatoms. The predicted molar refractivity (Wildman–Crippen MR) is 99.0 cm³/mol. The molecule has 0 radical (unpaired) electrons. The lowest BCUT2D eigenvalue weighted by atomic mass is 10.0. The molecule has 2 N–H and O–H groups in total. The van der Waals surface area contributed by atoms with E-state index in [2.05, 4.69) is 26.6 Å². The quantitative estimate of drug-likeness (QED) is 0.763. The first-order valence-electron chi connectivity index (χ1n) is 7.87. The van der Waals surface area contributed by atoms with Crippen LogP contribution in [0.2, 0.25) is 0 Å². The third-order valence-corrected chi connectivity index (χ3v) is 5.07. The summed E-state index contributed by atoms with van der Waals surface area (Å²) in [7, 11) is 0. The van der Waals surface area contributed by atoms with Crippen molar-refractivity contribution in [1.29, 1.82) is 0 Å². The first-order chi connectivity index (χ1) is 11.4. The van der Waals surface area contributed by atoms with Gasteiger partial charge in [0.1, 0.15) is 5.41 Å². The van der Waals surface area contributed by atoms with Gasteiger partial charge in [0.05, 0.1) is 5.69 Å². The Labute approximate surface area is 149 Å². The molecular weight excluding hydrogens is 368 g/mol. The summed E-state index contributed by atoms with van der Waals surface area (Å²) >= 11 is 3.40. The highest BCUT2D eigenvalue weighted by molar-refractivity contribution is 9.10. The standard InChI is InChI=1S/C19H19BrN2O2/c1-12-7-8-13(2)16(11-12)22-18(24)19(9-10-19)17(23)21-15-6-4-3-5-14(15)20/h3-8,11H,9-10H2,1-2H3,(H,21,23)(H,22,24). The lowest BCUT2D eigenvalue weighted by molar-refractivity contribution is -0.131. The molecular formula is C19H19BrN2O2. The highest BCUT2D eigenvalue weighted by atomic mass is 79.9. The van der Waals surface area contributed by atoms with E-state index < -0.39 is 5.41 Å². The first kappa shape index (κ1) is 16.7. The summed E-state index contributed by atoms with van der Waals surface area (Å²) in [4.78, 5) is 25.3. The van der Waals surface area contributed by atoms with Gasteiger partial charge in [-0.25, -0.2) is 0 Å². The monoisotopic (exact) mass is 386 g/mol. The molecule has 0 bridgehead atoms. The van der Waals surface area contributed by atoms with Gasteiger partial charge in [0.15, 0.2) is 0 Å². The van der Waals surface area contributed by atoms with Crippen molar-refractivity contribution in [2.24, 2.45) is 5.41 Å². The van der Waals surface area contributed by atoms with Crippen LogP contribution < -0.4 is 10.6 Å². The van der Waals surface area contributed by atoms with Crippen molar-refractivity contribution in [2.75, 3.05) is 10.6 Å². The molecule has 1 fully saturated rings. The number of nitrogens with one attached hydrogen (secondary N) is 2. The highest BCUT2D eigenvalue weighted by Crippen LogP contribution is 2.48. The van der Waals surface area contributed by atoms with Crippen LogP contribution in [0, 0.1) is 19.3 Å². The second-order valence-corrected chi connectivity index (χ2v) is 7.14. The Morgan fingerprint density at radius 3 is 2.21 bits per heavy atom. The summed E-state index contributed by atoms with van der Waals surface area (Å²) in [6.45, 7) is 3.91. The zero-order valence-corrected chi connectivity index (χ0v) is 15.2. The van der Waals surface area contributed by atoms with E-state index in [1.165, 1.54) is 0 Å². The van der Waals surface area contributed by atoms with Crippen molar-refractivity contribution in [3.8, 4) is 0 Å². The molecule has 124 valence electrons. The van der Waals surface area contributed by atoms with Gasteiger partial charge in [0.25, 0.3) is 0 Å². The zero-order chi connectivity index (χ0) is 17.3. The summed E-state index contributed by atoms with van der Waals surface area (Å²) in [5.74, 6) is -0.488. The minimum Gasteiger partial charge on any atom is -0.325 e. The molecule has 2 amide bonds. The summed E-state index contributed by atoms with van der Waals surface area (Å²) in [5, 5.41) is 5.78. The topological polar surface area (TPSA) is 58.2 Å². The zero-order valence-electron chi connectivity index (χ0n) is 13.7. The van der Waals surface area contributed by atoms with E-state index in [-0.39, 0.29) is 11.8 Å². The molecule has 0 aliphatic heterocycles. The number of hydrogen-bond donors (Lipinski definition) is 2. The van der Waals surface area contributed by atoms with E-state index in [1.54, 1.807) is 6.07 Å². The van der Waals surface area contributed by atoms with Crippen LogP contribution in [-0.4, -0.2) is 11.8 Å². The maximum atomic E-state index is 12.7. The largest absolute Gasteiger partial charge is 0.325 e. The van der Waals surface area contributed by atoms with Crippen molar-refractivity contribution in [2.45, 2.75) is 26.7 Å². The maximum absolute atomic E-state index is 12.7. The molecule has 0 spiro atoms. The molecule has 2 aromatic carbocycles. The normalized spacial score (nSPS) is 14.8. The fourth-order valence-corrected chi connectivity index (χ4v) is 2.98. The third-order valence-electron chi connectivity index (χ3n) is 4.38. The number of hydrogen-bond acceptors (Lipinski definition) is 2. The molecule has 3 rings (SSSR count). The molecule has 0 aromatic heterocycles. The number of rotatable bonds is 4. The minimum absolute atomic E-state index is 0.235. The lowest BCUT2D eigenvalue weighted by Gasteiger charge is -2.17. The van der Waals surface area contributed by atoms with Crippen LogP contribution in [0.5, 0.6) is 0 Å². The first-order valence-corrected chi connectivity index (χ1v) is 8.66. The lowest BCUT2D eigenvalue weighted by Crippen LogP contribution is -2.35. The number of benzene rings is 2. The van der Waals surface area contributed by atoms with Crippen LogP contribution in [0.1, 0.15) is 24.0 Å². The van der Waals surface area contributed by atoms with E-state index in [9.17, 15) is 9.59 Å². The molecule has 0 saturated heterocycles. The molecule has 4 nitrogen and oxygen atoms in total. The van der Waals surface area contributed by atoms with Crippen LogP contribution in [0.25, 0.3) is 0 Å². The summed E-state index contributed by atoms with van der Waals surface area (Å²) in [6, 6.07) is 13.3. The molecule has 1 aliphatic carbocycles. The van der Waals surface area contributed by atoms with Crippen LogP contribution in [0.4, 0.5) is 11.4 Å². The van der Waals surface area contributed by atoms with Gasteiger partial charge in [0, 0.05) is 10.2 Å². The Balaban J connectivity index is 1.75. The van der Waals surface area contributed by atoms with Crippen LogP contribution in [0.15, 0.2) is 46.9 Å². The van der Waals surface area contributed by atoms with Crippen molar-refractivity contribution < 1.29 is 9.59 Å². The van der Waals surface area contributed by atoms with E-state index in [4.69, 9.17) is 0 Å². The van der Waals surface area contributed by atoms with Gasteiger partial charge in [-0.1, -0.05) is 24.3 Å². The number of carbonyl (C=O) groups excluding carboxylic acids is 2. The van der Waals surface area contributed by atoms with Gasteiger partial charge in [-0.05, 0) is 71.9 Å². The van der Waals surface area contributed by atoms with Crippen molar-refractivity contribution in [1.82, 2.24) is 0 Å². The van der Waals surface area contributed by atoms with Crippen LogP contribution >= 0.6 is 15.9 Å². The summed E-state index contributed by atoms with van der Waals surface area (Å²) in [6.07, 6.45) is 1.14. The number of carbonyl (C=O) groups is 2. The second-order valence-electron chi connectivity index (χ2n) is 6.29. The Morgan fingerprint density at radius 2 is 1.58 bits per heavy atom. The van der Waals surface area contributed by atoms with Crippen molar-refractivity contribution in [3.63, 3.8) is 0 Å². The van der Waals surface area contributed by atoms with Gasteiger partial charge in [0.2, 0.25) is 11.8 Å². The minimum atomic E-state index is -0.967. The second kappa shape index (κ2) is 6.40.